The summed E-state index contributed by atoms with van der Waals surface area (Å²) in [5.41, 5.74) is 1.41. The second kappa shape index (κ2) is 12.1. The first-order chi connectivity index (χ1) is 23.0. The fourth-order valence-corrected chi connectivity index (χ4v) is 6.50. The summed E-state index contributed by atoms with van der Waals surface area (Å²) in [5.74, 6) is -1.56. The molecule has 48 heavy (non-hydrogen) atoms. The van der Waals surface area contributed by atoms with Crippen LogP contribution in [0.2, 0.25) is 0 Å². The molecule has 2 amide bonds. The van der Waals surface area contributed by atoms with E-state index in [1.165, 1.54) is 24.3 Å². The number of nitrogens with one attached hydrogen (secondary N) is 2. The molecule has 2 aromatic heterocycles. The van der Waals surface area contributed by atoms with Crippen LogP contribution in [0, 0.1) is 5.92 Å². The van der Waals surface area contributed by atoms with Crippen molar-refractivity contribution in [3.63, 3.8) is 0 Å². The van der Waals surface area contributed by atoms with Gasteiger partial charge in [0.25, 0.3) is 17.4 Å². The van der Waals surface area contributed by atoms with E-state index in [-0.39, 0.29) is 39.9 Å². The highest BCUT2D eigenvalue weighted by molar-refractivity contribution is 6.09. The highest BCUT2D eigenvalue weighted by Crippen LogP contribution is 2.39. The summed E-state index contributed by atoms with van der Waals surface area (Å²) in [7, 11) is 0. The van der Waals surface area contributed by atoms with E-state index in [0.29, 0.717) is 36.3 Å². The highest BCUT2D eigenvalue weighted by atomic mass is 19.4. The molecule has 244 valence electrons. The van der Waals surface area contributed by atoms with Crippen LogP contribution in [-0.2, 0) is 6.54 Å². The summed E-state index contributed by atoms with van der Waals surface area (Å²) >= 11 is 0. The third-order valence-electron chi connectivity index (χ3n) is 8.56. The van der Waals surface area contributed by atoms with Crippen molar-refractivity contribution in [2.75, 3.05) is 28.6 Å². The zero-order chi connectivity index (χ0) is 33.6. The van der Waals surface area contributed by atoms with Gasteiger partial charge in [-0.2, -0.15) is 0 Å². The van der Waals surface area contributed by atoms with Crippen LogP contribution in [0.25, 0.3) is 11.0 Å². The number of para-hydroxylation sites is 1. The van der Waals surface area contributed by atoms with Crippen molar-refractivity contribution in [2.45, 2.75) is 25.2 Å². The van der Waals surface area contributed by atoms with Crippen LogP contribution in [0.15, 0.2) is 105 Å². The Hall–Kier alpha value is -5.85. The Kier molecular flexibility index (Phi) is 7.74. The Morgan fingerprint density at radius 2 is 1.62 bits per heavy atom. The molecular weight excluding hydrogens is 629 g/mol. The van der Waals surface area contributed by atoms with Gasteiger partial charge in [0.1, 0.15) is 16.9 Å². The van der Waals surface area contributed by atoms with Gasteiger partial charge in [0.2, 0.25) is 0 Å². The van der Waals surface area contributed by atoms with Crippen molar-refractivity contribution in [1.29, 1.82) is 0 Å². The van der Waals surface area contributed by atoms with Gasteiger partial charge in [0.05, 0.1) is 11.4 Å². The lowest BCUT2D eigenvalue weighted by Crippen LogP contribution is -2.47. The number of alkyl halides is 3. The highest BCUT2D eigenvalue weighted by Gasteiger charge is 2.36. The first kappa shape index (κ1) is 30.8. The second-order valence-corrected chi connectivity index (χ2v) is 11.8. The Morgan fingerprint density at radius 3 is 2.42 bits per heavy atom. The Labute approximate surface area is 270 Å². The number of carbonyl (C=O) groups excluding carboxylic acids is 2. The molecule has 5 aromatic rings. The summed E-state index contributed by atoms with van der Waals surface area (Å²) in [4.78, 5) is 54.4. The molecule has 0 saturated carbocycles. The maximum atomic E-state index is 13.6. The van der Waals surface area contributed by atoms with E-state index in [0.717, 1.165) is 24.2 Å². The number of rotatable bonds is 6. The molecule has 0 spiro atoms. The molecule has 1 saturated heterocycles. The van der Waals surface area contributed by atoms with Gasteiger partial charge < -0.3 is 29.3 Å². The number of piperidine rings is 1. The fourth-order valence-electron chi connectivity index (χ4n) is 6.50. The molecule has 2 atom stereocenters. The van der Waals surface area contributed by atoms with E-state index in [1.807, 2.05) is 10.6 Å². The van der Waals surface area contributed by atoms with Crippen molar-refractivity contribution in [2.24, 2.45) is 5.92 Å². The van der Waals surface area contributed by atoms with Gasteiger partial charge in [0, 0.05) is 53.9 Å². The van der Waals surface area contributed by atoms with Crippen LogP contribution >= 0.6 is 0 Å². The standard InChI is InChI=1S/C35H27F3N4O6/c36-35(37,38)48-25-11-9-24(10-12-25)39-32(44)22-8-13-29(41-17-20-14-23(19-41)28-5-3-7-31(43)42(28)18-20)27(16-22)40-33(45)26-15-21-4-1-2-6-30(21)47-34(26)46/h1-13,15-16,20,23H,14,17-19H2,(H,39,44)(H,40,45). The minimum Gasteiger partial charge on any atom is -0.422 e. The topological polar surface area (TPSA) is 123 Å². The summed E-state index contributed by atoms with van der Waals surface area (Å²) in [6.07, 6.45) is -3.96. The molecule has 2 bridgehead atoms. The van der Waals surface area contributed by atoms with Crippen LogP contribution in [0.3, 0.4) is 0 Å². The van der Waals surface area contributed by atoms with Crippen molar-refractivity contribution in [1.82, 2.24) is 4.57 Å². The zero-order valence-corrected chi connectivity index (χ0v) is 25.1. The van der Waals surface area contributed by atoms with E-state index in [9.17, 15) is 32.3 Å². The number of benzene rings is 3. The number of ether oxygens (including phenoxy) is 1. The van der Waals surface area contributed by atoms with Crippen molar-refractivity contribution < 1.29 is 31.9 Å². The van der Waals surface area contributed by atoms with E-state index in [4.69, 9.17) is 4.42 Å². The van der Waals surface area contributed by atoms with Crippen LogP contribution in [0.4, 0.5) is 30.2 Å². The molecule has 7 rings (SSSR count). The smallest absolute Gasteiger partial charge is 0.422 e. The number of hydrogen-bond acceptors (Lipinski definition) is 7. The van der Waals surface area contributed by atoms with Gasteiger partial charge >= 0.3 is 12.0 Å². The van der Waals surface area contributed by atoms with E-state index < -0.39 is 29.6 Å². The minimum atomic E-state index is -4.85. The van der Waals surface area contributed by atoms with Crippen molar-refractivity contribution >= 4 is 39.8 Å². The van der Waals surface area contributed by atoms with Crippen molar-refractivity contribution in [3.05, 3.63) is 129 Å². The Bertz CT molecular complexity index is 2180. The number of fused-ring (bicyclic) bond motifs is 5. The summed E-state index contributed by atoms with van der Waals surface area (Å²) in [5, 5.41) is 6.01. The molecule has 2 N–H and O–H groups in total. The van der Waals surface area contributed by atoms with Gasteiger partial charge in [-0.1, -0.05) is 24.3 Å². The number of anilines is 3. The SMILES string of the molecule is O=C(Nc1ccc(OC(F)(F)F)cc1)c1ccc(N2CC3CC(C2)c2cccc(=O)n2C3)c(NC(=O)c2cc3ccccc3oc2=O)c1. The lowest BCUT2D eigenvalue weighted by molar-refractivity contribution is -0.274. The Morgan fingerprint density at radius 1 is 0.833 bits per heavy atom. The number of pyridine rings is 1. The molecule has 13 heteroatoms. The quantitative estimate of drug-likeness (QED) is 0.216. The van der Waals surface area contributed by atoms with E-state index in [1.54, 1.807) is 48.5 Å². The van der Waals surface area contributed by atoms with Gasteiger partial charge in [-0.15, -0.1) is 13.2 Å². The van der Waals surface area contributed by atoms with Gasteiger partial charge in [-0.3, -0.25) is 14.4 Å². The van der Waals surface area contributed by atoms with Crippen LogP contribution in [-0.4, -0.2) is 35.8 Å². The normalized spacial score (nSPS) is 17.0. The molecule has 0 radical (unpaired) electrons. The molecule has 2 aliphatic heterocycles. The van der Waals surface area contributed by atoms with Crippen LogP contribution < -0.4 is 31.5 Å². The van der Waals surface area contributed by atoms with Gasteiger partial charge in [-0.05, 0) is 73.0 Å². The summed E-state index contributed by atoms with van der Waals surface area (Å²) in [6.45, 7) is 1.67. The third-order valence-corrected chi connectivity index (χ3v) is 8.56. The average molecular weight is 657 g/mol. The maximum Gasteiger partial charge on any atom is 0.573 e. The van der Waals surface area contributed by atoms with E-state index in [2.05, 4.69) is 20.3 Å². The lowest BCUT2D eigenvalue weighted by atomic mass is 9.83. The lowest BCUT2D eigenvalue weighted by Gasteiger charge is -2.44. The molecule has 3 aromatic carbocycles. The number of halogens is 3. The first-order valence-electron chi connectivity index (χ1n) is 15.1. The molecule has 2 aliphatic rings. The maximum absolute atomic E-state index is 13.6. The fraction of sp³-hybridized carbons (Fsp3) is 0.200. The Balaban J connectivity index is 1.20. The number of hydrogen-bond donors (Lipinski definition) is 2. The number of carbonyl (C=O) groups is 2. The van der Waals surface area contributed by atoms with Gasteiger partial charge in [0.15, 0.2) is 0 Å². The number of amides is 2. The largest absolute Gasteiger partial charge is 0.573 e. The molecule has 10 nitrogen and oxygen atoms in total. The summed E-state index contributed by atoms with van der Waals surface area (Å²) < 4.78 is 48.7. The average Bonchev–Trinajstić information content (AvgIpc) is 3.05. The van der Waals surface area contributed by atoms with Crippen LogP contribution in [0.5, 0.6) is 5.75 Å². The molecule has 4 heterocycles. The monoisotopic (exact) mass is 656 g/mol. The first-order valence-corrected chi connectivity index (χ1v) is 15.1. The predicted octanol–water partition coefficient (Wildman–Crippen LogP) is 5.98. The van der Waals surface area contributed by atoms with Crippen molar-refractivity contribution in [3.8, 4) is 5.75 Å². The van der Waals surface area contributed by atoms with E-state index >= 15 is 0 Å². The van der Waals surface area contributed by atoms with Gasteiger partial charge in [-0.25, -0.2) is 4.79 Å². The second-order valence-electron chi connectivity index (χ2n) is 11.8. The predicted molar refractivity (Wildman–Crippen MR) is 172 cm³/mol. The molecule has 0 aliphatic carbocycles. The third kappa shape index (κ3) is 6.26. The molecular formula is C35H27F3N4O6. The number of nitrogens with zero attached hydrogens (tertiary/aromatic N) is 2. The van der Waals surface area contributed by atoms with Crippen LogP contribution in [0.1, 0.15) is 38.7 Å². The summed E-state index contributed by atoms with van der Waals surface area (Å²) in [6, 6.07) is 22.9. The minimum absolute atomic E-state index is 0.0456. The molecule has 1 fully saturated rings. The molecule has 2 unspecified atom stereocenters. The zero-order valence-electron chi connectivity index (χ0n) is 25.1. The number of aromatic nitrogens is 1.